The molecule has 0 N–H and O–H groups in total. The molecule has 25 heavy (non-hydrogen) atoms. The van der Waals surface area contributed by atoms with E-state index in [0.717, 1.165) is 11.1 Å². The second-order valence-electron chi connectivity index (χ2n) is 6.70. The summed E-state index contributed by atoms with van der Waals surface area (Å²) in [5, 5.41) is 1.33. The van der Waals surface area contributed by atoms with E-state index in [1.165, 1.54) is 0 Å². The molecule has 1 unspecified atom stereocenters. The van der Waals surface area contributed by atoms with E-state index in [2.05, 4.69) is 6.58 Å². The van der Waals surface area contributed by atoms with Crippen LogP contribution in [0.25, 0.3) is 0 Å². The molecule has 1 fully saturated rings. The van der Waals surface area contributed by atoms with Gasteiger partial charge in [0.05, 0.1) is 5.41 Å². The van der Waals surface area contributed by atoms with E-state index in [4.69, 9.17) is 27.9 Å². The van der Waals surface area contributed by atoms with Crippen LogP contribution in [-0.4, -0.2) is 5.97 Å². The summed E-state index contributed by atoms with van der Waals surface area (Å²) in [5.41, 5.74) is 1.34. The molecule has 1 saturated heterocycles. The lowest BCUT2D eigenvalue weighted by atomic mass is 9.67. The first-order valence-corrected chi connectivity index (χ1v) is 9.02. The van der Waals surface area contributed by atoms with Crippen LogP contribution in [0.4, 0.5) is 0 Å². The summed E-state index contributed by atoms with van der Waals surface area (Å²) in [6, 6.07) is 15.2. The Labute approximate surface area is 158 Å². The number of halogens is 2. The summed E-state index contributed by atoms with van der Waals surface area (Å²) < 4.78 is 5.80. The smallest absolute Gasteiger partial charge is 0.313 e. The fraction of sp³-hybridized carbons (Fsp3) is 0.286. The van der Waals surface area contributed by atoms with Gasteiger partial charge in [-0.1, -0.05) is 53.5 Å². The van der Waals surface area contributed by atoms with Gasteiger partial charge in [0, 0.05) is 16.0 Å². The summed E-state index contributed by atoms with van der Waals surface area (Å²) in [4.78, 5) is 12.9. The topological polar surface area (TPSA) is 26.3 Å². The molecule has 1 aliphatic rings. The van der Waals surface area contributed by atoms with Gasteiger partial charge in [-0.2, -0.15) is 0 Å². The Morgan fingerprint density at radius 3 is 2.52 bits per heavy atom. The predicted molar refractivity (Wildman–Crippen MR) is 102 cm³/mol. The number of rotatable bonds is 4. The van der Waals surface area contributed by atoms with E-state index < -0.39 is 5.41 Å². The van der Waals surface area contributed by atoms with E-state index in [9.17, 15) is 4.79 Å². The molecule has 3 atom stereocenters. The fourth-order valence-corrected chi connectivity index (χ4v) is 3.89. The third kappa shape index (κ3) is 3.61. The largest absolute Gasteiger partial charge is 0.457 e. The fourth-order valence-electron chi connectivity index (χ4n) is 3.56. The quantitative estimate of drug-likeness (QED) is 0.460. The van der Waals surface area contributed by atoms with Gasteiger partial charge in [0.1, 0.15) is 6.10 Å². The van der Waals surface area contributed by atoms with Crippen molar-refractivity contribution in [2.45, 2.75) is 31.8 Å². The van der Waals surface area contributed by atoms with E-state index >= 15 is 0 Å². The lowest BCUT2D eigenvalue weighted by Crippen LogP contribution is -2.42. The Hall–Kier alpha value is -1.77. The number of hydrogen-bond acceptors (Lipinski definition) is 2. The zero-order valence-electron chi connectivity index (χ0n) is 14.0. The Bertz CT molecular complexity index is 785. The summed E-state index contributed by atoms with van der Waals surface area (Å²) >= 11 is 12.2. The molecule has 0 aromatic heterocycles. The molecule has 2 aromatic carbocycles. The number of cyclic esters (lactones) is 1. The molecule has 4 heteroatoms. The van der Waals surface area contributed by atoms with Gasteiger partial charge >= 0.3 is 5.97 Å². The van der Waals surface area contributed by atoms with Crippen LogP contribution in [0.15, 0.2) is 61.2 Å². The highest BCUT2D eigenvalue weighted by molar-refractivity contribution is 6.30. The highest BCUT2D eigenvalue weighted by Crippen LogP contribution is 2.50. The van der Waals surface area contributed by atoms with Crippen LogP contribution in [0.3, 0.4) is 0 Å². The van der Waals surface area contributed by atoms with Gasteiger partial charge in [-0.25, -0.2) is 0 Å². The zero-order chi connectivity index (χ0) is 18.0. The first-order valence-electron chi connectivity index (χ1n) is 8.27. The van der Waals surface area contributed by atoms with Crippen molar-refractivity contribution >= 4 is 29.2 Å². The highest BCUT2D eigenvalue weighted by atomic mass is 35.5. The van der Waals surface area contributed by atoms with Gasteiger partial charge in [-0.05, 0) is 55.2 Å². The molecule has 0 amide bonds. The second-order valence-corrected chi connectivity index (χ2v) is 7.57. The molecule has 0 saturated carbocycles. The molecule has 0 bridgehead atoms. The summed E-state index contributed by atoms with van der Waals surface area (Å²) in [6.07, 6.45) is 2.72. The third-order valence-electron chi connectivity index (χ3n) is 5.00. The zero-order valence-corrected chi connectivity index (χ0v) is 15.6. The van der Waals surface area contributed by atoms with E-state index in [0.29, 0.717) is 22.9 Å². The van der Waals surface area contributed by atoms with Crippen LogP contribution < -0.4 is 0 Å². The van der Waals surface area contributed by atoms with Crippen LogP contribution in [0.5, 0.6) is 0 Å². The Balaban J connectivity index is 2.00. The number of carbonyl (C=O) groups excluding carboxylic acids is 1. The minimum absolute atomic E-state index is 0.00821. The van der Waals surface area contributed by atoms with Crippen molar-refractivity contribution in [3.63, 3.8) is 0 Å². The first kappa shape index (κ1) is 18.0. The molecule has 3 rings (SSSR count). The highest BCUT2D eigenvalue weighted by Gasteiger charge is 2.48. The van der Waals surface area contributed by atoms with Gasteiger partial charge in [0.2, 0.25) is 0 Å². The van der Waals surface area contributed by atoms with Crippen LogP contribution in [0, 0.1) is 5.41 Å². The van der Waals surface area contributed by atoms with Crippen molar-refractivity contribution in [3.05, 3.63) is 82.4 Å². The maximum absolute atomic E-state index is 12.9. The van der Waals surface area contributed by atoms with Crippen LogP contribution in [0.1, 0.15) is 42.9 Å². The van der Waals surface area contributed by atoms with Crippen molar-refractivity contribution in [1.29, 1.82) is 0 Å². The number of hydrogen-bond donors (Lipinski definition) is 0. The SMILES string of the molecule is C=CC[C@]1(C)C(=O)O[C@@H](c2ccc(Cl)cc2)CC1c1cccc(Cl)c1. The summed E-state index contributed by atoms with van der Waals surface area (Å²) in [5.74, 6) is -0.213. The van der Waals surface area contributed by atoms with Gasteiger partial charge in [0.15, 0.2) is 0 Å². The lowest BCUT2D eigenvalue weighted by molar-refractivity contribution is -0.172. The van der Waals surface area contributed by atoms with E-state index in [1.54, 1.807) is 6.08 Å². The van der Waals surface area contributed by atoms with Crippen molar-refractivity contribution in [3.8, 4) is 0 Å². The van der Waals surface area contributed by atoms with Gasteiger partial charge in [0.25, 0.3) is 0 Å². The van der Waals surface area contributed by atoms with Crippen molar-refractivity contribution in [2.75, 3.05) is 0 Å². The molecule has 0 spiro atoms. The van der Waals surface area contributed by atoms with Crippen LogP contribution in [0.2, 0.25) is 10.0 Å². The Morgan fingerprint density at radius 1 is 1.16 bits per heavy atom. The van der Waals surface area contributed by atoms with Gasteiger partial charge in [-0.15, -0.1) is 6.58 Å². The molecular weight excluding hydrogens is 355 g/mol. The number of esters is 1. The average Bonchev–Trinajstić information content (AvgIpc) is 2.58. The maximum Gasteiger partial charge on any atom is 0.313 e. The summed E-state index contributed by atoms with van der Waals surface area (Å²) in [6.45, 7) is 5.76. The molecule has 2 aromatic rings. The molecule has 0 radical (unpaired) electrons. The molecular formula is C21H20Cl2O2. The normalized spacial score (nSPS) is 26.1. The monoisotopic (exact) mass is 374 g/mol. The number of benzene rings is 2. The molecule has 130 valence electrons. The molecule has 2 nitrogen and oxygen atoms in total. The Morgan fingerprint density at radius 2 is 1.88 bits per heavy atom. The van der Waals surface area contributed by atoms with Gasteiger partial charge in [-0.3, -0.25) is 4.79 Å². The first-order chi connectivity index (χ1) is 11.9. The maximum atomic E-state index is 12.9. The van der Waals surface area contributed by atoms with E-state index in [1.807, 2.05) is 55.5 Å². The van der Waals surface area contributed by atoms with E-state index in [-0.39, 0.29) is 18.0 Å². The Kier molecular flexibility index (Phi) is 5.21. The number of allylic oxidation sites excluding steroid dienone is 1. The summed E-state index contributed by atoms with van der Waals surface area (Å²) in [7, 11) is 0. The van der Waals surface area contributed by atoms with Crippen molar-refractivity contribution in [2.24, 2.45) is 5.41 Å². The number of carbonyl (C=O) groups is 1. The lowest BCUT2D eigenvalue weighted by Gasteiger charge is -2.42. The molecule has 0 aliphatic carbocycles. The van der Waals surface area contributed by atoms with Crippen LogP contribution >= 0.6 is 23.2 Å². The van der Waals surface area contributed by atoms with Gasteiger partial charge < -0.3 is 4.74 Å². The second kappa shape index (κ2) is 7.23. The number of ether oxygens (including phenoxy) is 1. The minimum atomic E-state index is -0.657. The van der Waals surface area contributed by atoms with Crippen molar-refractivity contribution < 1.29 is 9.53 Å². The average molecular weight is 375 g/mol. The van der Waals surface area contributed by atoms with Crippen molar-refractivity contribution in [1.82, 2.24) is 0 Å². The molecule has 1 heterocycles. The minimum Gasteiger partial charge on any atom is -0.457 e. The van der Waals surface area contributed by atoms with Crippen LogP contribution in [-0.2, 0) is 9.53 Å². The molecule has 1 aliphatic heterocycles. The predicted octanol–water partition coefficient (Wildman–Crippen LogP) is 6.35. The standard InChI is InChI=1S/C21H20Cl2O2/c1-3-11-21(2)18(15-5-4-6-17(23)12-15)13-19(25-20(21)24)14-7-9-16(22)10-8-14/h3-10,12,18-19H,1,11,13H2,2H3/t18?,19-,21+/m1/s1. The third-order valence-corrected chi connectivity index (χ3v) is 5.48.